The quantitative estimate of drug-likeness (QED) is 0.728. The molecule has 0 unspecified atom stereocenters. The van der Waals surface area contributed by atoms with Crippen LogP contribution in [0.5, 0.6) is 0 Å². The van der Waals surface area contributed by atoms with Crippen molar-refractivity contribution in [2.24, 2.45) is 0 Å². The number of benzene rings is 1. The number of halogens is 1. The number of thioether (sulfide) groups is 1. The molecular formula is C14H11FN4OS2. The number of carbonyl (C=O) groups is 1. The van der Waals surface area contributed by atoms with Crippen molar-refractivity contribution in [1.29, 1.82) is 0 Å². The van der Waals surface area contributed by atoms with Gasteiger partial charge in [0.15, 0.2) is 4.34 Å². The van der Waals surface area contributed by atoms with Gasteiger partial charge in [0, 0.05) is 18.1 Å². The third-order valence-electron chi connectivity index (χ3n) is 2.78. The van der Waals surface area contributed by atoms with Gasteiger partial charge in [-0.3, -0.25) is 4.79 Å². The van der Waals surface area contributed by atoms with Crippen molar-refractivity contribution in [1.82, 2.24) is 14.8 Å². The summed E-state index contributed by atoms with van der Waals surface area (Å²) in [6.07, 6.45) is 3.49. The molecule has 1 amide bonds. The van der Waals surface area contributed by atoms with Crippen LogP contribution in [0.25, 0.3) is 5.69 Å². The van der Waals surface area contributed by atoms with Crippen LogP contribution in [0, 0.1) is 5.82 Å². The summed E-state index contributed by atoms with van der Waals surface area (Å²) in [6, 6.07) is 8.09. The molecule has 0 fully saturated rings. The van der Waals surface area contributed by atoms with Crippen LogP contribution in [-0.4, -0.2) is 26.4 Å². The second kappa shape index (κ2) is 6.71. The van der Waals surface area contributed by atoms with Crippen molar-refractivity contribution < 1.29 is 9.18 Å². The Labute approximate surface area is 134 Å². The second-order valence-corrected chi connectivity index (χ2v) is 6.35. The summed E-state index contributed by atoms with van der Waals surface area (Å²) >= 11 is 2.69. The monoisotopic (exact) mass is 334 g/mol. The number of anilines is 1. The average molecular weight is 334 g/mol. The number of amides is 1. The van der Waals surface area contributed by atoms with Gasteiger partial charge in [0.25, 0.3) is 0 Å². The third kappa shape index (κ3) is 3.52. The number of rotatable bonds is 5. The van der Waals surface area contributed by atoms with Gasteiger partial charge in [-0.25, -0.2) is 4.39 Å². The van der Waals surface area contributed by atoms with E-state index in [9.17, 15) is 9.18 Å². The molecule has 8 heteroatoms. The largest absolute Gasteiger partial charge is 0.325 e. The molecular weight excluding hydrogens is 323 g/mol. The maximum Gasteiger partial charge on any atom is 0.234 e. The summed E-state index contributed by atoms with van der Waals surface area (Å²) in [4.78, 5) is 11.9. The van der Waals surface area contributed by atoms with Crippen molar-refractivity contribution in [2.45, 2.75) is 4.34 Å². The molecule has 1 aromatic carbocycles. The number of nitrogens with zero attached hydrogens (tertiary/aromatic N) is 3. The van der Waals surface area contributed by atoms with Crippen molar-refractivity contribution in [3.8, 4) is 5.69 Å². The van der Waals surface area contributed by atoms with Crippen molar-refractivity contribution in [3.63, 3.8) is 0 Å². The predicted molar refractivity (Wildman–Crippen MR) is 85.0 cm³/mol. The summed E-state index contributed by atoms with van der Waals surface area (Å²) in [5.74, 6) is -0.298. The Hall–Kier alpha value is -2.19. The minimum atomic E-state index is -0.350. The van der Waals surface area contributed by atoms with Gasteiger partial charge in [0.1, 0.15) is 11.3 Å². The highest BCUT2D eigenvalue weighted by Gasteiger charge is 2.09. The molecule has 2 heterocycles. The molecule has 0 aliphatic carbocycles. The number of nitrogens with one attached hydrogen (secondary N) is 1. The molecule has 22 heavy (non-hydrogen) atoms. The van der Waals surface area contributed by atoms with Crippen molar-refractivity contribution in [3.05, 3.63) is 54.1 Å². The molecule has 0 aliphatic heterocycles. The molecule has 3 aromatic rings. The van der Waals surface area contributed by atoms with Gasteiger partial charge < -0.3 is 9.88 Å². The molecule has 0 aliphatic rings. The lowest BCUT2D eigenvalue weighted by Gasteiger charge is -2.09. The smallest absolute Gasteiger partial charge is 0.234 e. The standard InChI is InChI=1S/C14H11FN4OS2/c15-11-4-3-10(7-12(11)19-5-1-2-6-19)17-13(20)8-21-14-18-16-9-22-14/h1-7,9H,8H2,(H,17,20). The fourth-order valence-electron chi connectivity index (χ4n) is 1.83. The van der Waals surface area contributed by atoms with E-state index in [0.29, 0.717) is 11.4 Å². The SMILES string of the molecule is O=C(CSc1nncs1)Nc1ccc(F)c(-n2cccc2)c1. The molecule has 0 bridgehead atoms. The Morgan fingerprint density at radius 1 is 1.36 bits per heavy atom. The predicted octanol–water partition coefficient (Wildman–Crippen LogP) is 3.20. The Morgan fingerprint density at radius 2 is 2.18 bits per heavy atom. The zero-order valence-corrected chi connectivity index (χ0v) is 12.9. The van der Waals surface area contributed by atoms with Crippen LogP contribution in [0.2, 0.25) is 0 Å². The van der Waals surface area contributed by atoms with E-state index in [-0.39, 0.29) is 17.5 Å². The fraction of sp³-hybridized carbons (Fsp3) is 0.0714. The molecule has 0 atom stereocenters. The van der Waals surface area contributed by atoms with Crippen molar-refractivity contribution in [2.75, 3.05) is 11.1 Å². The van der Waals surface area contributed by atoms with E-state index in [1.165, 1.54) is 35.2 Å². The van der Waals surface area contributed by atoms with Crippen LogP contribution >= 0.6 is 23.1 Å². The van der Waals surface area contributed by atoms with Crippen LogP contribution < -0.4 is 5.32 Å². The van der Waals surface area contributed by atoms with Gasteiger partial charge >= 0.3 is 0 Å². The minimum Gasteiger partial charge on any atom is -0.325 e. The summed E-state index contributed by atoms with van der Waals surface area (Å²) in [7, 11) is 0. The molecule has 0 saturated carbocycles. The van der Waals surface area contributed by atoms with Crippen LogP contribution in [0.4, 0.5) is 10.1 Å². The molecule has 5 nitrogen and oxygen atoms in total. The molecule has 0 spiro atoms. The zero-order chi connectivity index (χ0) is 15.4. The van der Waals surface area contributed by atoms with Gasteiger partial charge in [0.05, 0.1) is 11.4 Å². The first-order valence-corrected chi connectivity index (χ1v) is 8.20. The Balaban J connectivity index is 1.67. The molecule has 0 saturated heterocycles. The minimum absolute atomic E-state index is 0.176. The van der Waals surface area contributed by atoms with Gasteiger partial charge in [-0.2, -0.15) is 0 Å². The van der Waals surface area contributed by atoms with E-state index in [0.717, 1.165) is 4.34 Å². The Bertz CT molecular complexity index is 759. The Kier molecular flexibility index (Phi) is 4.50. The maximum atomic E-state index is 13.9. The molecule has 0 radical (unpaired) electrons. The lowest BCUT2D eigenvalue weighted by molar-refractivity contribution is -0.113. The van der Waals surface area contributed by atoms with Crippen LogP contribution in [-0.2, 0) is 4.79 Å². The summed E-state index contributed by atoms with van der Waals surface area (Å²) in [5, 5.41) is 10.3. The molecule has 3 rings (SSSR count). The first kappa shape index (κ1) is 14.7. The molecule has 112 valence electrons. The van der Waals surface area contributed by atoms with E-state index in [2.05, 4.69) is 15.5 Å². The summed E-state index contributed by atoms with van der Waals surface area (Å²) < 4.78 is 16.2. The van der Waals surface area contributed by atoms with Crippen LogP contribution in [0.1, 0.15) is 0 Å². The zero-order valence-electron chi connectivity index (χ0n) is 11.3. The number of carbonyl (C=O) groups excluding carboxylic acids is 1. The van der Waals surface area contributed by atoms with Gasteiger partial charge in [0.2, 0.25) is 5.91 Å². The van der Waals surface area contributed by atoms with E-state index in [4.69, 9.17) is 0 Å². The molecule has 2 aromatic heterocycles. The number of hydrogen-bond acceptors (Lipinski definition) is 5. The highest BCUT2D eigenvalue weighted by atomic mass is 32.2. The summed E-state index contributed by atoms with van der Waals surface area (Å²) in [6.45, 7) is 0. The third-order valence-corrected chi connectivity index (χ3v) is 4.64. The number of hydrogen-bond donors (Lipinski definition) is 1. The highest BCUT2D eigenvalue weighted by Crippen LogP contribution is 2.21. The van der Waals surface area contributed by atoms with Crippen molar-refractivity contribution >= 4 is 34.7 Å². The highest BCUT2D eigenvalue weighted by molar-refractivity contribution is 8.01. The fourth-order valence-corrected chi connectivity index (χ4v) is 3.12. The van der Waals surface area contributed by atoms with E-state index >= 15 is 0 Å². The summed E-state index contributed by atoms with van der Waals surface area (Å²) in [5.41, 5.74) is 2.55. The maximum absolute atomic E-state index is 13.9. The van der Waals surface area contributed by atoms with E-state index in [1.54, 1.807) is 28.5 Å². The number of aromatic nitrogens is 3. The van der Waals surface area contributed by atoms with Gasteiger partial charge in [-0.1, -0.05) is 23.1 Å². The van der Waals surface area contributed by atoms with E-state index < -0.39 is 0 Å². The molecule has 1 N–H and O–H groups in total. The first-order valence-electron chi connectivity index (χ1n) is 6.34. The lowest BCUT2D eigenvalue weighted by atomic mass is 10.2. The Morgan fingerprint density at radius 3 is 2.91 bits per heavy atom. The van der Waals surface area contributed by atoms with Crippen LogP contribution in [0.3, 0.4) is 0 Å². The topological polar surface area (TPSA) is 59.8 Å². The lowest BCUT2D eigenvalue weighted by Crippen LogP contribution is -2.14. The van der Waals surface area contributed by atoms with Crippen LogP contribution in [0.15, 0.2) is 52.6 Å². The normalized spacial score (nSPS) is 10.6. The average Bonchev–Trinajstić information content (AvgIpc) is 3.20. The van der Waals surface area contributed by atoms with E-state index in [1.807, 2.05) is 12.1 Å². The van der Waals surface area contributed by atoms with Gasteiger partial charge in [-0.15, -0.1) is 10.2 Å². The second-order valence-electron chi connectivity index (χ2n) is 4.30. The first-order chi connectivity index (χ1) is 10.7. The van der Waals surface area contributed by atoms with Gasteiger partial charge in [-0.05, 0) is 30.3 Å².